The van der Waals surface area contributed by atoms with Crippen molar-refractivity contribution in [3.05, 3.63) is 33.3 Å². The molecule has 92 valence electrons. The van der Waals surface area contributed by atoms with Gasteiger partial charge < -0.3 is 5.73 Å². The first-order valence-corrected chi connectivity index (χ1v) is 8.15. The third-order valence-electron chi connectivity index (χ3n) is 2.27. The smallest absolute Gasteiger partial charge is 0.250 e. The second-order valence-electron chi connectivity index (χ2n) is 3.60. The second kappa shape index (κ2) is 4.77. The fourth-order valence-corrected chi connectivity index (χ4v) is 4.27. The molecule has 0 aromatic carbocycles. The first-order valence-electron chi connectivity index (χ1n) is 4.84. The van der Waals surface area contributed by atoms with Gasteiger partial charge in [0.05, 0.1) is 0 Å². The molecular formula is C10H12N2O2S3. The van der Waals surface area contributed by atoms with Crippen LogP contribution in [0.1, 0.15) is 11.1 Å². The fourth-order valence-electron chi connectivity index (χ4n) is 1.28. The van der Waals surface area contributed by atoms with Crippen molar-refractivity contribution in [3.63, 3.8) is 0 Å². The van der Waals surface area contributed by atoms with E-state index < -0.39 is 10.0 Å². The highest BCUT2D eigenvalue weighted by Gasteiger charge is 2.16. The summed E-state index contributed by atoms with van der Waals surface area (Å²) in [6, 6.07) is 1.47. The topological polar surface area (TPSA) is 72.2 Å². The Balaban J connectivity index is 2.11. The summed E-state index contributed by atoms with van der Waals surface area (Å²) < 4.78 is 26.6. The molecule has 0 aliphatic carbocycles. The molecule has 2 heterocycles. The lowest BCUT2D eigenvalue weighted by molar-refractivity contribution is 0.583. The molecule has 0 spiro atoms. The summed E-state index contributed by atoms with van der Waals surface area (Å²) in [5.74, 6) is 0. The molecule has 0 aliphatic rings. The predicted octanol–water partition coefficient (Wildman–Crippen LogP) is 2.18. The Kier molecular flexibility index (Phi) is 3.53. The van der Waals surface area contributed by atoms with Gasteiger partial charge >= 0.3 is 0 Å². The summed E-state index contributed by atoms with van der Waals surface area (Å²) in [7, 11) is -3.44. The number of aryl methyl sites for hydroxylation is 1. The van der Waals surface area contributed by atoms with Crippen LogP contribution in [0.3, 0.4) is 0 Å². The molecule has 0 unspecified atom stereocenters. The van der Waals surface area contributed by atoms with Gasteiger partial charge in [0.15, 0.2) is 0 Å². The highest BCUT2D eigenvalue weighted by molar-refractivity contribution is 7.91. The summed E-state index contributed by atoms with van der Waals surface area (Å²) in [6.45, 7) is 2.28. The Morgan fingerprint density at radius 3 is 2.65 bits per heavy atom. The summed E-state index contributed by atoms with van der Waals surface area (Å²) in [5.41, 5.74) is 8.09. The van der Waals surface area contributed by atoms with Crippen molar-refractivity contribution < 1.29 is 8.42 Å². The van der Waals surface area contributed by atoms with E-state index in [0.29, 0.717) is 12.2 Å². The molecule has 2 rings (SSSR count). The van der Waals surface area contributed by atoms with Crippen LogP contribution in [-0.4, -0.2) is 8.42 Å². The van der Waals surface area contributed by atoms with E-state index in [4.69, 9.17) is 5.73 Å². The monoisotopic (exact) mass is 288 g/mol. The Hall–Kier alpha value is -0.890. The lowest BCUT2D eigenvalue weighted by Crippen LogP contribution is -2.22. The van der Waals surface area contributed by atoms with E-state index in [1.54, 1.807) is 16.7 Å². The maximum absolute atomic E-state index is 11.9. The van der Waals surface area contributed by atoms with Gasteiger partial charge in [-0.3, -0.25) is 0 Å². The van der Waals surface area contributed by atoms with Crippen LogP contribution in [0.2, 0.25) is 0 Å². The number of hydrogen-bond acceptors (Lipinski definition) is 5. The van der Waals surface area contributed by atoms with Gasteiger partial charge in [0.2, 0.25) is 10.0 Å². The summed E-state index contributed by atoms with van der Waals surface area (Å²) in [6.07, 6.45) is 0. The van der Waals surface area contributed by atoms with E-state index in [1.165, 1.54) is 6.07 Å². The third kappa shape index (κ3) is 2.86. The summed E-state index contributed by atoms with van der Waals surface area (Å²) >= 11 is 2.69. The van der Waals surface area contributed by atoms with E-state index in [2.05, 4.69) is 4.72 Å². The van der Waals surface area contributed by atoms with Crippen molar-refractivity contribution in [1.82, 2.24) is 4.72 Å². The van der Waals surface area contributed by atoms with Crippen molar-refractivity contribution in [2.75, 3.05) is 5.73 Å². The van der Waals surface area contributed by atoms with Crippen molar-refractivity contribution >= 4 is 38.4 Å². The van der Waals surface area contributed by atoms with Crippen molar-refractivity contribution in [3.8, 4) is 0 Å². The number of nitrogen functional groups attached to an aromatic ring is 1. The maximum Gasteiger partial charge on any atom is 0.250 e. The average molecular weight is 288 g/mol. The number of hydrogen-bond donors (Lipinski definition) is 2. The molecule has 0 atom stereocenters. The minimum absolute atomic E-state index is 0.253. The van der Waals surface area contributed by atoms with E-state index in [0.717, 1.165) is 22.5 Å². The van der Waals surface area contributed by atoms with Crippen molar-refractivity contribution in [2.45, 2.75) is 17.7 Å². The largest absolute Gasteiger partial charge is 0.398 e. The van der Waals surface area contributed by atoms with E-state index >= 15 is 0 Å². The number of thiophene rings is 2. The first kappa shape index (κ1) is 12.6. The van der Waals surface area contributed by atoms with Crippen molar-refractivity contribution in [1.29, 1.82) is 0 Å². The Bertz CT molecular complexity index is 613. The van der Waals surface area contributed by atoms with Crippen LogP contribution in [-0.2, 0) is 16.6 Å². The van der Waals surface area contributed by atoms with E-state index in [9.17, 15) is 8.42 Å². The van der Waals surface area contributed by atoms with Crippen LogP contribution in [0.15, 0.2) is 26.4 Å². The SMILES string of the molecule is Cc1cscc1CNS(=O)(=O)c1cc(N)cs1. The molecule has 4 nitrogen and oxygen atoms in total. The minimum Gasteiger partial charge on any atom is -0.398 e. The van der Waals surface area contributed by atoms with E-state index in [1.807, 2.05) is 17.7 Å². The summed E-state index contributed by atoms with van der Waals surface area (Å²) in [4.78, 5) is 0. The van der Waals surface area contributed by atoms with Gasteiger partial charge in [0.1, 0.15) is 4.21 Å². The molecule has 2 aromatic heterocycles. The zero-order chi connectivity index (χ0) is 12.5. The predicted molar refractivity (Wildman–Crippen MR) is 71.8 cm³/mol. The van der Waals surface area contributed by atoms with Crippen molar-refractivity contribution in [2.24, 2.45) is 0 Å². The molecule has 0 aliphatic heterocycles. The highest BCUT2D eigenvalue weighted by atomic mass is 32.2. The normalized spacial score (nSPS) is 11.8. The molecule has 0 fully saturated rings. The second-order valence-corrected chi connectivity index (χ2v) is 7.25. The van der Waals surface area contributed by atoms with Gasteiger partial charge in [0, 0.05) is 17.6 Å². The zero-order valence-corrected chi connectivity index (χ0v) is 11.6. The van der Waals surface area contributed by atoms with Gasteiger partial charge in [0.25, 0.3) is 0 Å². The van der Waals surface area contributed by atoms with Crippen LogP contribution in [0.25, 0.3) is 0 Å². The number of nitrogens with two attached hydrogens (primary N) is 1. The first-order chi connectivity index (χ1) is 7.99. The molecular weight excluding hydrogens is 276 g/mol. The highest BCUT2D eigenvalue weighted by Crippen LogP contribution is 2.22. The number of sulfonamides is 1. The molecule has 0 amide bonds. The molecule has 7 heteroatoms. The van der Waals surface area contributed by atoms with Crippen LogP contribution < -0.4 is 10.5 Å². The van der Waals surface area contributed by atoms with Gasteiger partial charge in [-0.1, -0.05) is 0 Å². The summed E-state index contributed by atoms with van der Waals surface area (Å²) in [5, 5.41) is 5.55. The lowest BCUT2D eigenvalue weighted by Gasteiger charge is -2.04. The Labute approximate surface area is 108 Å². The molecule has 2 aromatic rings. The number of rotatable bonds is 4. The molecule has 0 saturated heterocycles. The Morgan fingerprint density at radius 2 is 2.12 bits per heavy atom. The average Bonchev–Trinajstić information content (AvgIpc) is 2.85. The van der Waals surface area contributed by atoms with E-state index in [-0.39, 0.29) is 4.21 Å². The van der Waals surface area contributed by atoms with Crippen LogP contribution in [0.5, 0.6) is 0 Å². The van der Waals surface area contributed by atoms with Crippen LogP contribution in [0, 0.1) is 6.92 Å². The minimum atomic E-state index is -3.44. The lowest BCUT2D eigenvalue weighted by atomic mass is 10.2. The standard InChI is InChI=1S/C10H12N2O2S3/c1-7-4-15-5-8(7)3-12-17(13,14)10-2-9(11)6-16-10/h2,4-6,12H,3,11H2,1H3. The van der Waals surface area contributed by atoms with Gasteiger partial charge in [-0.25, -0.2) is 13.1 Å². The maximum atomic E-state index is 11.9. The molecule has 0 bridgehead atoms. The zero-order valence-electron chi connectivity index (χ0n) is 9.14. The molecule has 17 heavy (non-hydrogen) atoms. The van der Waals surface area contributed by atoms with Gasteiger partial charge in [-0.05, 0) is 34.9 Å². The van der Waals surface area contributed by atoms with Gasteiger partial charge in [-0.15, -0.1) is 11.3 Å². The molecule has 0 radical (unpaired) electrons. The third-order valence-corrected chi connectivity index (χ3v) is 6.04. The Morgan fingerprint density at radius 1 is 1.35 bits per heavy atom. The molecule has 0 saturated carbocycles. The molecule has 3 N–H and O–H groups in total. The number of anilines is 1. The quantitative estimate of drug-likeness (QED) is 0.905. The van der Waals surface area contributed by atoms with Crippen LogP contribution in [0.4, 0.5) is 5.69 Å². The fraction of sp³-hybridized carbons (Fsp3) is 0.200. The number of nitrogens with one attached hydrogen (secondary N) is 1. The van der Waals surface area contributed by atoms with Gasteiger partial charge in [-0.2, -0.15) is 11.3 Å². The van der Waals surface area contributed by atoms with Crippen LogP contribution >= 0.6 is 22.7 Å².